The van der Waals surface area contributed by atoms with E-state index in [2.05, 4.69) is 58.2 Å². The van der Waals surface area contributed by atoms with Crippen LogP contribution in [0.3, 0.4) is 0 Å². The molecule has 4 aromatic rings. The Bertz CT molecular complexity index is 1490. The highest BCUT2D eigenvalue weighted by Crippen LogP contribution is 2.36. The molecule has 40 heavy (non-hydrogen) atoms. The number of aliphatic hydroxyl groups excluding tert-OH is 1. The molecule has 5 heterocycles. The average molecular weight is 581 g/mol. The molecule has 1 atom stereocenters. The van der Waals surface area contributed by atoms with E-state index in [0.717, 1.165) is 70.3 Å². The monoisotopic (exact) mass is 580 g/mol. The van der Waals surface area contributed by atoms with Crippen LogP contribution in [0.5, 0.6) is 0 Å². The number of hydrogen-bond acceptors (Lipinski definition) is 10. The zero-order valence-corrected chi connectivity index (χ0v) is 25.1. The van der Waals surface area contributed by atoms with Gasteiger partial charge >= 0.3 is 0 Å². The first-order valence-corrected chi connectivity index (χ1v) is 15.6. The van der Waals surface area contributed by atoms with Gasteiger partial charge in [0.05, 0.1) is 24.0 Å². The molecule has 1 aromatic carbocycles. The van der Waals surface area contributed by atoms with Crippen LogP contribution in [0.1, 0.15) is 31.0 Å². The van der Waals surface area contributed by atoms with Gasteiger partial charge in [0.15, 0.2) is 10.9 Å². The van der Waals surface area contributed by atoms with Crippen LogP contribution in [0, 0.1) is 6.92 Å². The van der Waals surface area contributed by atoms with Gasteiger partial charge in [-0.05, 0) is 33.2 Å². The summed E-state index contributed by atoms with van der Waals surface area (Å²) in [5.74, 6) is 1.04. The topological polar surface area (TPSA) is 93.3 Å². The maximum Gasteiger partial charge on any atom is 0.236 e. The van der Waals surface area contributed by atoms with E-state index in [1.807, 2.05) is 18.6 Å². The summed E-state index contributed by atoms with van der Waals surface area (Å²) in [5.41, 5.74) is 4.32. The standard InChI is InChI=1S/C28H36N8O2S2/c1-5-22-25(33(4)26-30-23(17-39-26)19-10-8-18(2)9-11-19)36-27(29-22)40-28(31-36)34-12-6-7-20(13-34)32(3)16-24(38)35-14-21(37)15-35/h8-11,17,20-21,37H,5-7,12-16H2,1-4H3. The zero-order valence-electron chi connectivity index (χ0n) is 23.4. The molecule has 1 unspecified atom stereocenters. The van der Waals surface area contributed by atoms with Gasteiger partial charge in [0.1, 0.15) is 0 Å². The summed E-state index contributed by atoms with van der Waals surface area (Å²) in [5, 5.41) is 18.5. The van der Waals surface area contributed by atoms with Crippen LogP contribution in [0.2, 0.25) is 0 Å². The number of carbonyl (C=O) groups is 1. The van der Waals surface area contributed by atoms with E-state index in [1.54, 1.807) is 27.6 Å². The van der Waals surface area contributed by atoms with Gasteiger partial charge in [-0.1, -0.05) is 48.1 Å². The van der Waals surface area contributed by atoms with E-state index >= 15 is 0 Å². The first-order valence-electron chi connectivity index (χ1n) is 13.9. The second-order valence-corrected chi connectivity index (χ2v) is 12.6. The number of thiazole rings is 1. The lowest BCUT2D eigenvalue weighted by Crippen LogP contribution is -2.57. The fraction of sp³-hybridized carbons (Fsp3) is 0.500. The summed E-state index contributed by atoms with van der Waals surface area (Å²) in [6.07, 6.45) is 2.53. The van der Waals surface area contributed by atoms with Gasteiger partial charge in [-0.2, -0.15) is 4.52 Å². The fourth-order valence-corrected chi connectivity index (χ4v) is 7.18. The van der Waals surface area contributed by atoms with Gasteiger partial charge < -0.3 is 19.8 Å². The SMILES string of the molecule is CCc1nc2sc(N3CCCC(N(C)CC(=O)N4CC(O)C4)C3)nn2c1N(C)c1nc(-c2ccc(C)cc2)cs1. The van der Waals surface area contributed by atoms with Crippen molar-refractivity contribution in [2.45, 2.75) is 45.3 Å². The highest BCUT2D eigenvalue weighted by molar-refractivity contribution is 7.20. The Labute approximate surface area is 242 Å². The summed E-state index contributed by atoms with van der Waals surface area (Å²) < 4.78 is 1.97. The minimum absolute atomic E-state index is 0.0881. The number of aryl methyl sites for hydroxylation is 2. The van der Waals surface area contributed by atoms with Crippen molar-refractivity contribution in [2.75, 3.05) is 56.6 Å². The number of aromatic nitrogens is 4. The number of benzene rings is 1. The summed E-state index contributed by atoms with van der Waals surface area (Å²) >= 11 is 3.24. The van der Waals surface area contributed by atoms with Crippen LogP contribution in [0.15, 0.2) is 29.6 Å². The van der Waals surface area contributed by atoms with Crippen LogP contribution in [-0.2, 0) is 11.2 Å². The minimum atomic E-state index is -0.369. The third kappa shape index (κ3) is 5.20. The van der Waals surface area contributed by atoms with E-state index < -0.39 is 0 Å². The van der Waals surface area contributed by atoms with Crippen LogP contribution in [0.4, 0.5) is 16.1 Å². The van der Waals surface area contributed by atoms with Crippen molar-refractivity contribution in [2.24, 2.45) is 0 Å². The number of hydrogen-bond donors (Lipinski definition) is 1. The second kappa shape index (κ2) is 11.1. The van der Waals surface area contributed by atoms with Crippen molar-refractivity contribution in [3.05, 3.63) is 40.9 Å². The zero-order chi connectivity index (χ0) is 28.0. The Morgan fingerprint density at radius 3 is 2.65 bits per heavy atom. The van der Waals surface area contributed by atoms with E-state index in [0.29, 0.717) is 19.6 Å². The van der Waals surface area contributed by atoms with Gasteiger partial charge in [0.25, 0.3) is 0 Å². The summed E-state index contributed by atoms with van der Waals surface area (Å²) in [6, 6.07) is 8.73. The number of likely N-dealkylation sites (N-methyl/N-ethyl adjacent to an activating group) is 1. The van der Waals surface area contributed by atoms with E-state index in [4.69, 9.17) is 15.1 Å². The highest BCUT2D eigenvalue weighted by Gasteiger charge is 2.32. The Morgan fingerprint density at radius 2 is 1.93 bits per heavy atom. The molecule has 3 aromatic heterocycles. The number of nitrogens with zero attached hydrogens (tertiary/aromatic N) is 8. The molecule has 12 heteroatoms. The molecule has 1 amide bonds. The largest absolute Gasteiger partial charge is 0.389 e. The molecule has 0 aliphatic carbocycles. The molecule has 2 saturated heterocycles. The molecule has 1 N–H and O–H groups in total. The van der Waals surface area contributed by atoms with E-state index in [9.17, 15) is 9.90 Å². The summed E-state index contributed by atoms with van der Waals surface area (Å²) in [4.78, 5) is 31.7. The Balaban J connectivity index is 1.20. The first kappa shape index (κ1) is 27.1. The van der Waals surface area contributed by atoms with Crippen molar-refractivity contribution >= 4 is 49.6 Å². The highest BCUT2D eigenvalue weighted by atomic mass is 32.1. The molecule has 10 nitrogen and oxygen atoms in total. The Hall–Kier alpha value is -3.06. The number of amides is 1. The van der Waals surface area contributed by atoms with Crippen LogP contribution >= 0.6 is 22.7 Å². The lowest BCUT2D eigenvalue weighted by atomic mass is 10.0. The lowest BCUT2D eigenvalue weighted by Gasteiger charge is -2.40. The molecular weight excluding hydrogens is 544 g/mol. The van der Waals surface area contributed by atoms with Gasteiger partial charge in [0, 0.05) is 50.2 Å². The predicted molar refractivity (Wildman–Crippen MR) is 161 cm³/mol. The minimum Gasteiger partial charge on any atom is -0.389 e. The van der Waals surface area contributed by atoms with Crippen LogP contribution in [-0.4, -0.2) is 99.4 Å². The third-order valence-corrected chi connectivity index (χ3v) is 9.79. The number of imidazole rings is 1. The van der Waals surface area contributed by atoms with Crippen molar-refractivity contribution in [1.82, 2.24) is 29.4 Å². The molecular formula is C28H36N8O2S2. The quantitative estimate of drug-likeness (QED) is 0.338. The summed E-state index contributed by atoms with van der Waals surface area (Å²) in [7, 11) is 4.07. The van der Waals surface area contributed by atoms with Gasteiger partial charge in [-0.15, -0.1) is 16.4 Å². The van der Waals surface area contributed by atoms with E-state index in [-0.39, 0.29) is 18.1 Å². The lowest BCUT2D eigenvalue weighted by molar-refractivity contribution is -0.142. The Kier molecular flexibility index (Phi) is 7.51. The number of likely N-dealkylation sites (tertiary alicyclic amines) is 1. The Morgan fingerprint density at radius 1 is 1.15 bits per heavy atom. The number of anilines is 3. The number of β-amino-alcohol motifs (C(OH)–C–C–N with tert-alkyl or cyclic N) is 1. The molecule has 6 rings (SSSR count). The molecule has 0 saturated carbocycles. The average Bonchev–Trinajstić information content (AvgIpc) is 3.66. The van der Waals surface area contributed by atoms with Crippen molar-refractivity contribution in [1.29, 1.82) is 0 Å². The number of rotatable bonds is 8. The van der Waals surface area contributed by atoms with Crippen molar-refractivity contribution < 1.29 is 9.90 Å². The smallest absolute Gasteiger partial charge is 0.236 e. The van der Waals surface area contributed by atoms with E-state index in [1.165, 1.54) is 5.56 Å². The number of carbonyl (C=O) groups excluding carboxylic acids is 1. The summed E-state index contributed by atoms with van der Waals surface area (Å²) in [6.45, 7) is 7.25. The van der Waals surface area contributed by atoms with Gasteiger partial charge in [-0.3, -0.25) is 9.69 Å². The number of aliphatic hydroxyl groups is 1. The second-order valence-electron chi connectivity index (χ2n) is 10.9. The van der Waals surface area contributed by atoms with Crippen molar-refractivity contribution in [3.8, 4) is 11.3 Å². The number of piperidine rings is 1. The van der Waals surface area contributed by atoms with Crippen LogP contribution in [0.25, 0.3) is 16.2 Å². The van der Waals surface area contributed by atoms with Gasteiger partial charge in [-0.25, -0.2) is 9.97 Å². The molecule has 212 valence electrons. The molecule has 2 aliphatic rings. The molecule has 0 bridgehead atoms. The normalized spacial score (nSPS) is 18.1. The molecule has 0 spiro atoms. The van der Waals surface area contributed by atoms with Gasteiger partial charge in [0.2, 0.25) is 16.0 Å². The molecule has 2 aliphatic heterocycles. The van der Waals surface area contributed by atoms with Crippen molar-refractivity contribution in [3.63, 3.8) is 0 Å². The number of fused-ring (bicyclic) bond motifs is 1. The third-order valence-electron chi connectivity index (χ3n) is 7.91. The predicted octanol–water partition coefficient (Wildman–Crippen LogP) is 3.66. The first-order chi connectivity index (χ1) is 19.3. The molecule has 0 radical (unpaired) electrons. The fourth-order valence-electron chi connectivity index (χ4n) is 5.43. The van der Waals surface area contributed by atoms with Crippen LogP contribution < -0.4 is 9.80 Å². The maximum atomic E-state index is 12.6. The maximum absolute atomic E-state index is 12.6. The molecule has 2 fully saturated rings.